The van der Waals surface area contributed by atoms with Crippen LogP contribution < -0.4 is 10.6 Å². The molecule has 5 nitrogen and oxygen atoms in total. The van der Waals surface area contributed by atoms with Gasteiger partial charge in [-0.25, -0.2) is 0 Å². The summed E-state index contributed by atoms with van der Waals surface area (Å²) in [6.45, 7) is 10.2. The summed E-state index contributed by atoms with van der Waals surface area (Å²) in [5.41, 5.74) is 1.26. The molecule has 2 N–H and O–H groups in total. The monoisotopic (exact) mass is 318 g/mol. The van der Waals surface area contributed by atoms with Crippen molar-refractivity contribution >= 4 is 5.96 Å². The molecule has 1 fully saturated rings. The molecule has 0 saturated carbocycles. The largest absolute Gasteiger partial charge is 0.379 e. The minimum Gasteiger partial charge on any atom is -0.379 e. The van der Waals surface area contributed by atoms with Gasteiger partial charge in [-0.1, -0.05) is 37.3 Å². The van der Waals surface area contributed by atoms with E-state index in [9.17, 15) is 0 Å². The standard InChI is InChI=1S/C18H30N4O/c1-15(14-22-9-11-23-12-10-22)13-20-18(19-3)21-16(2)17-7-5-4-6-8-17/h4-8,15-16H,9-14H2,1-3H3,(H2,19,20,21). The lowest BCUT2D eigenvalue weighted by Crippen LogP contribution is -2.44. The predicted octanol–water partition coefficient (Wildman–Crippen LogP) is 1.88. The van der Waals surface area contributed by atoms with Gasteiger partial charge in [-0.05, 0) is 18.4 Å². The molecule has 2 rings (SSSR count). The predicted molar refractivity (Wildman–Crippen MR) is 95.8 cm³/mol. The number of nitrogens with zero attached hydrogens (tertiary/aromatic N) is 2. The average Bonchev–Trinajstić information content (AvgIpc) is 2.60. The van der Waals surface area contributed by atoms with E-state index < -0.39 is 0 Å². The topological polar surface area (TPSA) is 48.9 Å². The van der Waals surface area contributed by atoms with E-state index >= 15 is 0 Å². The van der Waals surface area contributed by atoms with Gasteiger partial charge in [-0.2, -0.15) is 0 Å². The van der Waals surface area contributed by atoms with Crippen LogP contribution in [0.5, 0.6) is 0 Å². The first-order valence-electron chi connectivity index (χ1n) is 8.51. The number of nitrogens with one attached hydrogen (secondary N) is 2. The van der Waals surface area contributed by atoms with E-state index in [1.807, 2.05) is 13.1 Å². The number of morpholine rings is 1. The summed E-state index contributed by atoms with van der Waals surface area (Å²) in [7, 11) is 1.82. The molecular formula is C18H30N4O. The zero-order chi connectivity index (χ0) is 16.5. The lowest BCUT2D eigenvalue weighted by molar-refractivity contribution is 0.0320. The third kappa shape index (κ3) is 6.20. The number of rotatable bonds is 6. The molecule has 0 aliphatic carbocycles. The lowest BCUT2D eigenvalue weighted by atomic mass is 10.1. The minimum atomic E-state index is 0.233. The normalized spacial score (nSPS) is 19.2. The molecule has 1 aromatic carbocycles. The van der Waals surface area contributed by atoms with Crippen LogP contribution in [0.15, 0.2) is 35.3 Å². The molecule has 2 atom stereocenters. The number of benzene rings is 1. The summed E-state index contributed by atoms with van der Waals surface area (Å²) >= 11 is 0. The Morgan fingerprint density at radius 2 is 1.91 bits per heavy atom. The molecule has 5 heteroatoms. The van der Waals surface area contributed by atoms with Crippen molar-refractivity contribution in [2.75, 3.05) is 46.4 Å². The molecule has 0 radical (unpaired) electrons. The summed E-state index contributed by atoms with van der Waals surface area (Å²) in [5, 5.41) is 6.89. The zero-order valence-corrected chi connectivity index (χ0v) is 14.6. The van der Waals surface area contributed by atoms with Gasteiger partial charge in [0.05, 0.1) is 19.3 Å². The van der Waals surface area contributed by atoms with Crippen LogP contribution in [0, 0.1) is 5.92 Å². The number of aliphatic imine (C=N–C) groups is 1. The first-order valence-corrected chi connectivity index (χ1v) is 8.51. The van der Waals surface area contributed by atoms with Gasteiger partial charge in [-0.15, -0.1) is 0 Å². The molecule has 1 aliphatic rings. The fraction of sp³-hybridized carbons (Fsp3) is 0.611. The second-order valence-corrected chi connectivity index (χ2v) is 6.25. The van der Waals surface area contributed by atoms with Gasteiger partial charge in [0.2, 0.25) is 0 Å². The second-order valence-electron chi connectivity index (χ2n) is 6.25. The van der Waals surface area contributed by atoms with Crippen LogP contribution in [0.1, 0.15) is 25.5 Å². The number of guanidine groups is 1. The van der Waals surface area contributed by atoms with Crippen molar-refractivity contribution in [3.8, 4) is 0 Å². The van der Waals surface area contributed by atoms with E-state index in [0.29, 0.717) is 5.92 Å². The molecule has 2 unspecified atom stereocenters. The number of ether oxygens (including phenoxy) is 1. The Morgan fingerprint density at radius 3 is 2.57 bits per heavy atom. The van der Waals surface area contributed by atoms with Crippen molar-refractivity contribution in [3.63, 3.8) is 0 Å². The van der Waals surface area contributed by atoms with Crippen LogP contribution in [0.4, 0.5) is 0 Å². The van der Waals surface area contributed by atoms with Crippen LogP contribution in [-0.2, 0) is 4.74 Å². The molecule has 1 aromatic rings. The summed E-state index contributed by atoms with van der Waals surface area (Å²) in [4.78, 5) is 6.80. The SMILES string of the molecule is CN=C(NCC(C)CN1CCOCC1)NC(C)c1ccccc1. The molecule has 1 saturated heterocycles. The van der Waals surface area contributed by atoms with Crippen molar-refractivity contribution in [3.05, 3.63) is 35.9 Å². The highest BCUT2D eigenvalue weighted by Gasteiger charge is 2.14. The van der Waals surface area contributed by atoms with E-state index in [2.05, 4.69) is 58.6 Å². The van der Waals surface area contributed by atoms with Crippen molar-refractivity contribution in [2.45, 2.75) is 19.9 Å². The smallest absolute Gasteiger partial charge is 0.191 e. The average molecular weight is 318 g/mol. The maximum atomic E-state index is 5.40. The quantitative estimate of drug-likeness (QED) is 0.621. The van der Waals surface area contributed by atoms with E-state index in [1.165, 1.54) is 5.56 Å². The Labute approximate surface area is 140 Å². The Kier molecular flexibility index (Phi) is 7.36. The highest BCUT2D eigenvalue weighted by Crippen LogP contribution is 2.10. The Bertz CT molecular complexity index is 471. The van der Waals surface area contributed by atoms with Crippen molar-refractivity contribution in [1.29, 1.82) is 0 Å². The van der Waals surface area contributed by atoms with Crippen LogP contribution in [0.3, 0.4) is 0 Å². The van der Waals surface area contributed by atoms with Crippen molar-refractivity contribution in [2.24, 2.45) is 10.9 Å². The molecule has 128 valence electrons. The van der Waals surface area contributed by atoms with E-state index in [-0.39, 0.29) is 6.04 Å². The van der Waals surface area contributed by atoms with Crippen LogP contribution >= 0.6 is 0 Å². The third-order valence-electron chi connectivity index (χ3n) is 4.17. The second kappa shape index (κ2) is 9.53. The number of hydrogen-bond acceptors (Lipinski definition) is 3. The molecule has 0 bridgehead atoms. The van der Waals surface area contributed by atoms with E-state index in [4.69, 9.17) is 4.74 Å². The fourth-order valence-corrected chi connectivity index (χ4v) is 2.78. The molecule has 23 heavy (non-hydrogen) atoms. The molecule has 0 spiro atoms. The molecule has 0 amide bonds. The van der Waals surface area contributed by atoms with Crippen molar-refractivity contribution in [1.82, 2.24) is 15.5 Å². The Balaban J connectivity index is 1.74. The van der Waals surface area contributed by atoms with Crippen molar-refractivity contribution < 1.29 is 4.74 Å². The summed E-state index contributed by atoms with van der Waals surface area (Å²) in [6, 6.07) is 10.7. The van der Waals surface area contributed by atoms with E-state index in [0.717, 1.165) is 45.4 Å². The Morgan fingerprint density at radius 1 is 1.22 bits per heavy atom. The van der Waals surface area contributed by atoms with Gasteiger partial charge >= 0.3 is 0 Å². The van der Waals surface area contributed by atoms with Gasteiger partial charge in [0.25, 0.3) is 0 Å². The van der Waals surface area contributed by atoms with Gasteiger partial charge in [0.15, 0.2) is 5.96 Å². The van der Waals surface area contributed by atoms with Crippen LogP contribution in [-0.4, -0.2) is 57.3 Å². The molecule has 0 aromatic heterocycles. The Hall–Kier alpha value is -1.59. The highest BCUT2D eigenvalue weighted by molar-refractivity contribution is 5.80. The van der Waals surface area contributed by atoms with Crippen LogP contribution in [0.25, 0.3) is 0 Å². The van der Waals surface area contributed by atoms with Gasteiger partial charge in [0.1, 0.15) is 0 Å². The summed E-state index contributed by atoms with van der Waals surface area (Å²) in [5.74, 6) is 1.42. The lowest BCUT2D eigenvalue weighted by Gasteiger charge is -2.29. The summed E-state index contributed by atoms with van der Waals surface area (Å²) in [6.07, 6.45) is 0. The van der Waals surface area contributed by atoms with Gasteiger partial charge in [0, 0.05) is 33.2 Å². The highest BCUT2D eigenvalue weighted by atomic mass is 16.5. The van der Waals surface area contributed by atoms with E-state index in [1.54, 1.807) is 0 Å². The zero-order valence-electron chi connectivity index (χ0n) is 14.6. The number of hydrogen-bond donors (Lipinski definition) is 2. The summed E-state index contributed by atoms with van der Waals surface area (Å²) < 4.78 is 5.40. The fourth-order valence-electron chi connectivity index (χ4n) is 2.78. The first kappa shape index (κ1) is 17.8. The molecular weight excluding hydrogens is 288 g/mol. The first-order chi connectivity index (χ1) is 11.2. The molecule has 1 heterocycles. The van der Waals surface area contributed by atoms with Gasteiger partial charge < -0.3 is 15.4 Å². The third-order valence-corrected chi connectivity index (χ3v) is 4.17. The molecule has 1 aliphatic heterocycles. The maximum absolute atomic E-state index is 5.40. The van der Waals surface area contributed by atoms with Gasteiger partial charge in [-0.3, -0.25) is 9.89 Å². The maximum Gasteiger partial charge on any atom is 0.191 e. The minimum absolute atomic E-state index is 0.233. The van der Waals surface area contributed by atoms with Crippen LogP contribution in [0.2, 0.25) is 0 Å².